The second-order valence-corrected chi connectivity index (χ2v) is 6.01. The standard InChI is InChI=1S/C18H16FN3O5/c19-13-3-1-2-4-14(13)21-17(23)10-27-18(24)11-5-8-15(20-12-6-7-12)16(9-11)22(25)26/h1-5,8-9,12,20H,6-7,10H2,(H,21,23). The molecule has 8 nitrogen and oxygen atoms in total. The van der Waals surface area contributed by atoms with E-state index in [1.165, 1.54) is 30.3 Å². The molecule has 0 bridgehead atoms. The van der Waals surface area contributed by atoms with E-state index in [1.54, 1.807) is 6.07 Å². The van der Waals surface area contributed by atoms with Gasteiger partial charge in [0.15, 0.2) is 6.61 Å². The number of nitrogens with one attached hydrogen (secondary N) is 2. The number of nitro benzene ring substituents is 1. The normalized spacial score (nSPS) is 12.9. The molecule has 0 aromatic heterocycles. The predicted molar refractivity (Wildman–Crippen MR) is 95.1 cm³/mol. The van der Waals surface area contributed by atoms with Crippen molar-refractivity contribution >= 4 is 28.9 Å². The summed E-state index contributed by atoms with van der Waals surface area (Å²) in [7, 11) is 0. The fourth-order valence-electron chi connectivity index (χ4n) is 2.34. The first-order valence-electron chi connectivity index (χ1n) is 8.20. The number of para-hydroxylation sites is 1. The lowest BCUT2D eigenvalue weighted by atomic mass is 10.1. The van der Waals surface area contributed by atoms with Crippen molar-refractivity contribution in [3.63, 3.8) is 0 Å². The van der Waals surface area contributed by atoms with Crippen LogP contribution in [0.3, 0.4) is 0 Å². The Kier molecular flexibility index (Phi) is 5.30. The Morgan fingerprint density at radius 3 is 2.59 bits per heavy atom. The second kappa shape index (κ2) is 7.81. The SMILES string of the molecule is O=C(COC(=O)c1ccc(NC2CC2)c([N+](=O)[O-])c1)Nc1ccccc1F. The molecule has 0 saturated heterocycles. The minimum atomic E-state index is -0.889. The molecule has 0 spiro atoms. The summed E-state index contributed by atoms with van der Waals surface area (Å²) in [6.45, 7) is -0.650. The molecule has 0 heterocycles. The number of nitrogens with zero attached hydrogens (tertiary/aromatic N) is 1. The molecular formula is C18H16FN3O5. The first kappa shape index (κ1) is 18.3. The van der Waals surface area contributed by atoms with Crippen LogP contribution in [0.5, 0.6) is 0 Å². The number of hydrogen-bond acceptors (Lipinski definition) is 6. The molecule has 3 rings (SSSR count). The van der Waals surface area contributed by atoms with Gasteiger partial charge in [0.05, 0.1) is 16.2 Å². The van der Waals surface area contributed by atoms with Crippen molar-refractivity contribution < 1.29 is 23.6 Å². The molecule has 1 aliphatic carbocycles. The average Bonchev–Trinajstić information content (AvgIpc) is 3.46. The molecule has 1 amide bonds. The largest absolute Gasteiger partial charge is 0.452 e. The monoisotopic (exact) mass is 373 g/mol. The number of halogens is 1. The summed E-state index contributed by atoms with van der Waals surface area (Å²) in [5.74, 6) is -2.23. The maximum absolute atomic E-state index is 13.5. The van der Waals surface area contributed by atoms with E-state index in [9.17, 15) is 24.1 Å². The lowest BCUT2D eigenvalue weighted by molar-refractivity contribution is -0.384. The van der Waals surface area contributed by atoms with Crippen LogP contribution in [0, 0.1) is 15.9 Å². The summed E-state index contributed by atoms with van der Waals surface area (Å²) in [6, 6.07) is 9.69. The molecule has 0 unspecified atom stereocenters. The fourth-order valence-corrected chi connectivity index (χ4v) is 2.34. The molecule has 0 aliphatic heterocycles. The second-order valence-electron chi connectivity index (χ2n) is 6.01. The van der Waals surface area contributed by atoms with E-state index >= 15 is 0 Å². The summed E-state index contributed by atoms with van der Waals surface area (Å²) in [5, 5.41) is 16.5. The third kappa shape index (κ3) is 4.78. The molecular weight excluding hydrogens is 357 g/mol. The molecule has 0 atom stereocenters. The van der Waals surface area contributed by atoms with Crippen LogP contribution in [0.2, 0.25) is 0 Å². The van der Waals surface area contributed by atoms with Gasteiger partial charge in [0.25, 0.3) is 11.6 Å². The van der Waals surface area contributed by atoms with Gasteiger partial charge in [-0.2, -0.15) is 0 Å². The maximum atomic E-state index is 13.5. The van der Waals surface area contributed by atoms with E-state index < -0.39 is 29.2 Å². The first-order chi connectivity index (χ1) is 12.9. The van der Waals surface area contributed by atoms with E-state index in [1.807, 2.05) is 0 Å². The predicted octanol–water partition coefficient (Wildman–Crippen LogP) is 3.10. The number of carbonyl (C=O) groups is 2. The van der Waals surface area contributed by atoms with Gasteiger partial charge in [-0.1, -0.05) is 12.1 Å². The van der Waals surface area contributed by atoms with Crippen LogP contribution in [-0.4, -0.2) is 29.4 Å². The van der Waals surface area contributed by atoms with Crippen molar-refractivity contribution in [2.75, 3.05) is 17.2 Å². The van der Waals surface area contributed by atoms with Crippen molar-refractivity contribution in [3.8, 4) is 0 Å². The number of carbonyl (C=O) groups excluding carboxylic acids is 2. The highest BCUT2D eigenvalue weighted by Crippen LogP contribution is 2.31. The van der Waals surface area contributed by atoms with Gasteiger partial charge in [-0.3, -0.25) is 14.9 Å². The Balaban J connectivity index is 1.61. The van der Waals surface area contributed by atoms with E-state index in [2.05, 4.69) is 10.6 Å². The molecule has 2 aromatic rings. The van der Waals surface area contributed by atoms with Gasteiger partial charge in [-0.25, -0.2) is 9.18 Å². The van der Waals surface area contributed by atoms with Crippen molar-refractivity contribution in [1.82, 2.24) is 0 Å². The molecule has 140 valence electrons. The lowest BCUT2D eigenvalue weighted by Crippen LogP contribution is -2.21. The van der Waals surface area contributed by atoms with Crippen molar-refractivity contribution in [2.24, 2.45) is 0 Å². The van der Waals surface area contributed by atoms with Gasteiger partial charge in [0, 0.05) is 12.1 Å². The summed E-state index contributed by atoms with van der Waals surface area (Å²) >= 11 is 0. The summed E-state index contributed by atoms with van der Waals surface area (Å²) in [5.41, 5.74) is -0.00469. The summed E-state index contributed by atoms with van der Waals surface area (Å²) in [4.78, 5) is 34.5. The Labute approximate surface area is 153 Å². The minimum absolute atomic E-state index is 0.0373. The summed E-state index contributed by atoms with van der Waals surface area (Å²) in [6.07, 6.45) is 1.89. The highest BCUT2D eigenvalue weighted by Gasteiger charge is 2.26. The number of hydrogen-bond donors (Lipinski definition) is 2. The average molecular weight is 373 g/mol. The van der Waals surface area contributed by atoms with Crippen LogP contribution in [-0.2, 0) is 9.53 Å². The zero-order chi connectivity index (χ0) is 19.4. The third-order valence-electron chi connectivity index (χ3n) is 3.85. The van der Waals surface area contributed by atoms with Crippen molar-refractivity contribution in [3.05, 3.63) is 64.0 Å². The molecule has 1 fully saturated rings. The van der Waals surface area contributed by atoms with E-state index in [-0.39, 0.29) is 23.0 Å². The summed E-state index contributed by atoms with van der Waals surface area (Å²) < 4.78 is 18.3. The number of rotatable bonds is 7. The lowest BCUT2D eigenvalue weighted by Gasteiger charge is -2.09. The van der Waals surface area contributed by atoms with Crippen LogP contribution in [0.15, 0.2) is 42.5 Å². The molecule has 0 radical (unpaired) electrons. The zero-order valence-electron chi connectivity index (χ0n) is 14.1. The quantitative estimate of drug-likeness (QED) is 0.438. The van der Waals surface area contributed by atoms with Gasteiger partial charge in [0.1, 0.15) is 11.5 Å². The molecule has 2 aromatic carbocycles. The zero-order valence-corrected chi connectivity index (χ0v) is 14.1. The third-order valence-corrected chi connectivity index (χ3v) is 3.85. The van der Waals surface area contributed by atoms with Gasteiger partial charge >= 0.3 is 5.97 Å². The van der Waals surface area contributed by atoms with E-state index in [0.29, 0.717) is 5.69 Å². The molecule has 9 heteroatoms. The van der Waals surface area contributed by atoms with Crippen LogP contribution in [0.25, 0.3) is 0 Å². The smallest absolute Gasteiger partial charge is 0.338 e. The molecule has 27 heavy (non-hydrogen) atoms. The number of ether oxygens (including phenoxy) is 1. The number of benzene rings is 2. The van der Waals surface area contributed by atoms with E-state index in [4.69, 9.17) is 4.74 Å². The van der Waals surface area contributed by atoms with Crippen LogP contribution in [0.4, 0.5) is 21.5 Å². The van der Waals surface area contributed by atoms with Crippen LogP contribution < -0.4 is 10.6 Å². The topological polar surface area (TPSA) is 111 Å². The highest BCUT2D eigenvalue weighted by atomic mass is 19.1. The first-order valence-corrected chi connectivity index (χ1v) is 8.20. The molecule has 2 N–H and O–H groups in total. The van der Waals surface area contributed by atoms with Crippen molar-refractivity contribution in [1.29, 1.82) is 0 Å². The van der Waals surface area contributed by atoms with Crippen LogP contribution >= 0.6 is 0 Å². The Hall–Kier alpha value is -3.49. The van der Waals surface area contributed by atoms with Gasteiger partial charge in [0.2, 0.25) is 0 Å². The molecule has 1 aliphatic rings. The highest BCUT2D eigenvalue weighted by molar-refractivity contribution is 5.96. The Morgan fingerprint density at radius 2 is 1.93 bits per heavy atom. The number of amides is 1. The number of esters is 1. The van der Waals surface area contributed by atoms with Crippen molar-refractivity contribution in [2.45, 2.75) is 18.9 Å². The number of anilines is 2. The van der Waals surface area contributed by atoms with E-state index in [0.717, 1.165) is 18.9 Å². The minimum Gasteiger partial charge on any atom is -0.452 e. The van der Waals surface area contributed by atoms with Gasteiger partial charge in [-0.15, -0.1) is 0 Å². The van der Waals surface area contributed by atoms with Gasteiger partial charge in [-0.05, 0) is 37.1 Å². The Bertz CT molecular complexity index is 898. The van der Waals surface area contributed by atoms with Gasteiger partial charge < -0.3 is 15.4 Å². The maximum Gasteiger partial charge on any atom is 0.338 e. The number of nitro groups is 1. The Morgan fingerprint density at radius 1 is 1.19 bits per heavy atom. The molecule has 1 saturated carbocycles. The van der Waals surface area contributed by atoms with Crippen LogP contribution in [0.1, 0.15) is 23.2 Å². The fraction of sp³-hybridized carbons (Fsp3) is 0.222.